The number of thioether (sulfide) groups is 1. The van der Waals surface area contributed by atoms with E-state index in [1.807, 2.05) is 37.4 Å². The Bertz CT molecular complexity index is 906. The third kappa shape index (κ3) is 5.16. The predicted octanol–water partition coefficient (Wildman–Crippen LogP) is 5.37. The average Bonchev–Trinajstić information content (AvgIpc) is 3.04. The minimum absolute atomic E-state index is 0.0719. The average molecular weight is 387 g/mol. The molecule has 0 radical (unpaired) electrons. The molecule has 0 saturated carbocycles. The fourth-order valence-electron chi connectivity index (χ4n) is 2.47. The number of carbonyl (C=O) groups is 1. The van der Waals surface area contributed by atoms with Crippen LogP contribution in [0.5, 0.6) is 0 Å². The highest BCUT2D eigenvalue weighted by Crippen LogP contribution is 2.26. The van der Waals surface area contributed by atoms with Crippen molar-refractivity contribution in [1.82, 2.24) is 4.98 Å². The number of aromatic nitrogens is 1. The van der Waals surface area contributed by atoms with Crippen LogP contribution in [-0.2, 0) is 17.0 Å². The van der Waals surface area contributed by atoms with Crippen LogP contribution in [0.2, 0.25) is 0 Å². The van der Waals surface area contributed by atoms with Gasteiger partial charge in [0.2, 0.25) is 5.91 Å². The van der Waals surface area contributed by atoms with Crippen LogP contribution in [0.4, 0.5) is 10.1 Å². The van der Waals surface area contributed by atoms with Crippen LogP contribution in [-0.4, -0.2) is 10.9 Å². The second-order valence-corrected chi connectivity index (χ2v) is 8.14. The predicted molar refractivity (Wildman–Crippen MR) is 106 cm³/mol. The summed E-state index contributed by atoms with van der Waals surface area (Å²) in [5, 5.41) is 4.85. The van der Waals surface area contributed by atoms with E-state index in [1.54, 1.807) is 23.9 Å². The molecule has 0 aliphatic heterocycles. The number of hydrogen-bond acceptors (Lipinski definition) is 4. The fourth-order valence-corrected chi connectivity index (χ4v) is 4.27. The summed E-state index contributed by atoms with van der Waals surface area (Å²) in [4.78, 5) is 16.8. The van der Waals surface area contributed by atoms with Crippen LogP contribution in [0.15, 0.2) is 52.2 Å². The monoisotopic (exact) mass is 386 g/mol. The van der Waals surface area contributed by atoms with Gasteiger partial charge in [0.25, 0.3) is 0 Å². The number of thiazole rings is 1. The van der Waals surface area contributed by atoms with Gasteiger partial charge in [-0.2, -0.15) is 0 Å². The number of rotatable bonds is 6. The first kappa shape index (κ1) is 18.6. The van der Waals surface area contributed by atoms with Crippen LogP contribution in [0.1, 0.15) is 22.4 Å². The van der Waals surface area contributed by atoms with Gasteiger partial charge in [-0.3, -0.25) is 4.79 Å². The Balaban J connectivity index is 1.54. The van der Waals surface area contributed by atoms with Gasteiger partial charge in [0.05, 0.1) is 12.1 Å². The quantitative estimate of drug-likeness (QED) is 0.579. The summed E-state index contributed by atoms with van der Waals surface area (Å²) in [7, 11) is 0. The van der Waals surface area contributed by atoms with Crippen molar-refractivity contribution in [3.05, 3.63) is 76.0 Å². The number of nitrogens with one attached hydrogen (secondary N) is 1. The Morgan fingerprint density at radius 1 is 1.19 bits per heavy atom. The first-order valence-electron chi connectivity index (χ1n) is 8.18. The number of benzene rings is 2. The molecule has 2 aromatic carbocycles. The zero-order chi connectivity index (χ0) is 18.5. The van der Waals surface area contributed by atoms with Gasteiger partial charge in [0.1, 0.15) is 10.2 Å². The first-order chi connectivity index (χ1) is 12.5. The molecule has 0 spiro atoms. The Morgan fingerprint density at radius 3 is 2.69 bits per heavy atom. The Hall–Kier alpha value is -2.18. The molecule has 0 fully saturated rings. The van der Waals surface area contributed by atoms with E-state index in [2.05, 4.69) is 10.3 Å². The van der Waals surface area contributed by atoms with Crippen LogP contribution < -0.4 is 5.32 Å². The SMILES string of the molecule is Cc1ccc(NC(=O)Cc2csc(SCc3ccc(F)cc3)n2)c(C)c1. The van der Waals surface area contributed by atoms with Crippen molar-refractivity contribution < 1.29 is 9.18 Å². The zero-order valence-corrected chi connectivity index (χ0v) is 16.2. The van der Waals surface area contributed by atoms with Crippen LogP contribution in [0.3, 0.4) is 0 Å². The van der Waals surface area contributed by atoms with Crippen LogP contribution in [0, 0.1) is 19.7 Å². The third-order valence-electron chi connectivity index (χ3n) is 3.80. The summed E-state index contributed by atoms with van der Waals surface area (Å²) in [6.07, 6.45) is 0.251. The summed E-state index contributed by atoms with van der Waals surface area (Å²) in [6, 6.07) is 12.4. The van der Waals surface area contributed by atoms with Crippen molar-refractivity contribution in [3.8, 4) is 0 Å². The van der Waals surface area contributed by atoms with Crippen LogP contribution in [0.25, 0.3) is 0 Å². The maximum absolute atomic E-state index is 12.9. The minimum atomic E-state index is -0.231. The topological polar surface area (TPSA) is 42.0 Å². The normalized spacial score (nSPS) is 10.7. The molecule has 6 heteroatoms. The van der Waals surface area contributed by atoms with Gasteiger partial charge in [-0.1, -0.05) is 41.6 Å². The molecule has 1 N–H and O–H groups in total. The van der Waals surface area contributed by atoms with Crippen molar-refractivity contribution in [3.63, 3.8) is 0 Å². The summed E-state index contributed by atoms with van der Waals surface area (Å²) in [5.41, 5.74) is 4.86. The summed E-state index contributed by atoms with van der Waals surface area (Å²) in [6.45, 7) is 4.01. The zero-order valence-electron chi connectivity index (χ0n) is 14.6. The highest BCUT2D eigenvalue weighted by Gasteiger charge is 2.10. The second-order valence-electron chi connectivity index (χ2n) is 6.06. The van der Waals surface area contributed by atoms with E-state index in [0.717, 1.165) is 32.6 Å². The Kier molecular flexibility index (Phi) is 6.06. The number of hydrogen-bond donors (Lipinski definition) is 1. The third-order valence-corrected chi connectivity index (χ3v) is 5.94. The molecule has 0 aliphatic rings. The molecule has 26 heavy (non-hydrogen) atoms. The molecule has 0 aliphatic carbocycles. The van der Waals surface area contributed by atoms with Crippen molar-refractivity contribution in [2.75, 3.05) is 5.32 Å². The smallest absolute Gasteiger partial charge is 0.230 e. The van der Waals surface area contributed by atoms with Gasteiger partial charge < -0.3 is 5.32 Å². The largest absolute Gasteiger partial charge is 0.326 e. The molecule has 0 atom stereocenters. The van der Waals surface area contributed by atoms with E-state index in [0.29, 0.717) is 0 Å². The van der Waals surface area contributed by atoms with E-state index in [9.17, 15) is 9.18 Å². The van der Waals surface area contributed by atoms with Gasteiger partial charge in [-0.05, 0) is 43.2 Å². The Morgan fingerprint density at radius 2 is 1.96 bits per heavy atom. The number of aryl methyl sites for hydroxylation is 2. The van der Waals surface area contributed by atoms with E-state index in [1.165, 1.54) is 29.0 Å². The van der Waals surface area contributed by atoms with Crippen molar-refractivity contribution in [2.24, 2.45) is 0 Å². The first-order valence-corrected chi connectivity index (χ1v) is 10.0. The number of amides is 1. The lowest BCUT2D eigenvalue weighted by atomic mass is 10.1. The van der Waals surface area contributed by atoms with E-state index < -0.39 is 0 Å². The Labute approximate surface area is 160 Å². The number of halogens is 1. The van der Waals surface area contributed by atoms with Gasteiger partial charge in [0.15, 0.2) is 0 Å². The number of carbonyl (C=O) groups excluding carboxylic acids is 1. The molecule has 3 rings (SSSR count). The minimum Gasteiger partial charge on any atom is -0.326 e. The molecule has 134 valence electrons. The van der Waals surface area contributed by atoms with Gasteiger partial charge >= 0.3 is 0 Å². The highest BCUT2D eigenvalue weighted by molar-refractivity contribution is 8.00. The highest BCUT2D eigenvalue weighted by atomic mass is 32.2. The molecule has 3 nitrogen and oxygen atoms in total. The molecule has 1 amide bonds. The molecule has 0 unspecified atom stereocenters. The maximum atomic E-state index is 12.9. The molecule has 3 aromatic rings. The molecular formula is C20H19FN2OS2. The van der Waals surface area contributed by atoms with E-state index in [4.69, 9.17) is 0 Å². The van der Waals surface area contributed by atoms with Gasteiger partial charge in [-0.25, -0.2) is 9.37 Å². The molecular weight excluding hydrogens is 367 g/mol. The lowest BCUT2D eigenvalue weighted by Gasteiger charge is -2.08. The van der Waals surface area contributed by atoms with Crippen molar-refractivity contribution >= 4 is 34.7 Å². The standard InChI is InChI=1S/C20H19FN2OS2/c1-13-3-8-18(14(2)9-13)23-19(24)10-17-12-26-20(22-17)25-11-15-4-6-16(21)7-5-15/h3-9,12H,10-11H2,1-2H3,(H,23,24). The number of anilines is 1. The summed E-state index contributed by atoms with van der Waals surface area (Å²) < 4.78 is 13.8. The maximum Gasteiger partial charge on any atom is 0.230 e. The lowest BCUT2D eigenvalue weighted by molar-refractivity contribution is -0.115. The molecule has 1 aromatic heterocycles. The molecule has 1 heterocycles. The van der Waals surface area contributed by atoms with E-state index in [-0.39, 0.29) is 18.1 Å². The van der Waals surface area contributed by atoms with Crippen molar-refractivity contribution in [2.45, 2.75) is 30.4 Å². The van der Waals surface area contributed by atoms with Gasteiger partial charge in [0, 0.05) is 16.8 Å². The number of nitrogens with zero attached hydrogens (tertiary/aromatic N) is 1. The van der Waals surface area contributed by atoms with Crippen molar-refractivity contribution in [1.29, 1.82) is 0 Å². The van der Waals surface area contributed by atoms with Crippen LogP contribution >= 0.6 is 23.1 Å². The fraction of sp³-hybridized carbons (Fsp3) is 0.200. The lowest BCUT2D eigenvalue weighted by Crippen LogP contribution is -2.15. The molecule has 0 saturated heterocycles. The summed E-state index contributed by atoms with van der Waals surface area (Å²) >= 11 is 3.11. The van der Waals surface area contributed by atoms with Gasteiger partial charge in [-0.15, -0.1) is 11.3 Å². The summed E-state index contributed by atoms with van der Waals surface area (Å²) in [5.74, 6) is 0.421. The molecule has 0 bridgehead atoms. The second kappa shape index (κ2) is 8.47. The van der Waals surface area contributed by atoms with E-state index >= 15 is 0 Å².